The number of anilines is 1. The van der Waals surface area contributed by atoms with E-state index < -0.39 is 0 Å². The van der Waals surface area contributed by atoms with E-state index in [2.05, 4.69) is 10.3 Å². The van der Waals surface area contributed by atoms with Gasteiger partial charge in [-0.25, -0.2) is 4.98 Å². The van der Waals surface area contributed by atoms with Crippen molar-refractivity contribution in [2.75, 3.05) is 18.8 Å². The minimum absolute atomic E-state index is 0.0431. The maximum Gasteiger partial charge on any atom is 0.170 e. The second kappa shape index (κ2) is 5.46. The Morgan fingerprint density at radius 1 is 1.67 bits per heavy atom. The first-order chi connectivity index (χ1) is 7.16. The molecule has 1 unspecified atom stereocenters. The fraction of sp³-hybridized carbons (Fsp3) is 0.455. The number of nitrogens with one attached hydrogen (secondary N) is 1. The number of carbonyl (C=O) groups excluding carboxylic acids is 1. The Morgan fingerprint density at radius 3 is 3.00 bits per heavy atom. The molecule has 1 aromatic rings. The quantitative estimate of drug-likeness (QED) is 0.709. The molecule has 0 spiro atoms. The van der Waals surface area contributed by atoms with E-state index in [1.807, 2.05) is 13.8 Å². The largest absolute Gasteiger partial charge is 0.383 e. The van der Waals surface area contributed by atoms with Gasteiger partial charge in [0.25, 0.3) is 0 Å². The number of Topliss-reactive ketones (excluding diaryl/α,β-unsaturated/α-hetero) is 1. The third-order valence-corrected chi connectivity index (χ3v) is 2.25. The summed E-state index contributed by atoms with van der Waals surface area (Å²) in [4.78, 5) is 15.8. The number of pyridine rings is 1. The van der Waals surface area contributed by atoms with Crippen LogP contribution in [0.4, 0.5) is 5.82 Å². The molecule has 0 aliphatic carbocycles. The van der Waals surface area contributed by atoms with Gasteiger partial charge in [-0.2, -0.15) is 0 Å². The van der Waals surface area contributed by atoms with Gasteiger partial charge in [0.15, 0.2) is 5.78 Å². The van der Waals surface area contributed by atoms with Crippen LogP contribution in [0, 0.1) is 5.92 Å². The molecule has 82 valence electrons. The monoisotopic (exact) mass is 207 g/mol. The fourth-order valence-electron chi connectivity index (χ4n) is 1.34. The first-order valence-electron chi connectivity index (χ1n) is 5.12. The number of ketones is 1. The highest BCUT2D eigenvalue weighted by Crippen LogP contribution is 2.12. The number of carbonyl (C=O) groups is 1. The highest BCUT2D eigenvalue weighted by Gasteiger charge is 2.17. The van der Waals surface area contributed by atoms with Crippen molar-refractivity contribution >= 4 is 11.6 Å². The second-order valence-electron chi connectivity index (χ2n) is 3.51. The Labute approximate surface area is 89.9 Å². The number of nitrogens with two attached hydrogens (primary N) is 1. The highest BCUT2D eigenvalue weighted by molar-refractivity contribution is 6.01. The predicted molar refractivity (Wildman–Crippen MR) is 60.7 cm³/mol. The SMILES string of the molecule is CCNCC(C)C(=O)c1cccnc1N. The molecule has 15 heavy (non-hydrogen) atoms. The molecule has 3 N–H and O–H groups in total. The van der Waals surface area contributed by atoms with Crippen LogP contribution in [0.15, 0.2) is 18.3 Å². The maximum atomic E-state index is 11.9. The van der Waals surface area contributed by atoms with Crippen molar-refractivity contribution in [2.24, 2.45) is 5.92 Å². The van der Waals surface area contributed by atoms with Crippen LogP contribution in [0.5, 0.6) is 0 Å². The third kappa shape index (κ3) is 3.02. The van der Waals surface area contributed by atoms with Crippen LogP contribution in [0.1, 0.15) is 24.2 Å². The molecule has 1 heterocycles. The zero-order valence-electron chi connectivity index (χ0n) is 9.16. The zero-order chi connectivity index (χ0) is 11.3. The van der Waals surface area contributed by atoms with Gasteiger partial charge in [-0.05, 0) is 18.7 Å². The normalized spacial score (nSPS) is 12.4. The molecule has 0 aliphatic rings. The lowest BCUT2D eigenvalue weighted by molar-refractivity contribution is 0.0930. The summed E-state index contributed by atoms with van der Waals surface area (Å²) in [6.45, 7) is 5.43. The zero-order valence-corrected chi connectivity index (χ0v) is 9.16. The van der Waals surface area contributed by atoms with Gasteiger partial charge in [0.05, 0.1) is 5.56 Å². The smallest absolute Gasteiger partial charge is 0.170 e. The van der Waals surface area contributed by atoms with E-state index in [9.17, 15) is 4.79 Å². The summed E-state index contributed by atoms with van der Waals surface area (Å²) in [5, 5.41) is 3.14. The molecule has 0 saturated carbocycles. The number of hydrogen-bond donors (Lipinski definition) is 2. The van der Waals surface area contributed by atoms with E-state index in [1.54, 1.807) is 18.3 Å². The average Bonchev–Trinajstić information content (AvgIpc) is 2.25. The van der Waals surface area contributed by atoms with Crippen LogP contribution in [-0.4, -0.2) is 23.9 Å². The van der Waals surface area contributed by atoms with Crippen LogP contribution in [0.2, 0.25) is 0 Å². The van der Waals surface area contributed by atoms with E-state index in [0.29, 0.717) is 17.9 Å². The van der Waals surface area contributed by atoms with Crippen molar-refractivity contribution in [1.82, 2.24) is 10.3 Å². The first kappa shape index (κ1) is 11.7. The Hall–Kier alpha value is -1.42. The van der Waals surface area contributed by atoms with Gasteiger partial charge in [-0.1, -0.05) is 13.8 Å². The summed E-state index contributed by atoms with van der Waals surface area (Å²) in [5.41, 5.74) is 6.15. The Kier molecular flexibility index (Phi) is 4.24. The van der Waals surface area contributed by atoms with Gasteiger partial charge in [-0.15, -0.1) is 0 Å². The van der Waals surface area contributed by atoms with Crippen molar-refractivity contribution < 1.29 is 4.79 Å². The molecule has 4 heteroatoms. The minimum Gasteiger partial charge on any atom is -0.383 e. The maximum absolute atomic E-state index is 11.9. The molecule has 0 amide bonds. The first-order valence-corrected chi connectivity index (χ1v) is 5.12. The summed E-state index contributed by atoms with van der Waals surface area (Å²) < 4.78 is 0. The number of hydrogen-bond acceptors (Lipinski definition) is 4. The summed E-state index contributed by atoms with van der Waals surface area (Å²) in [7, 11) is 0. The van der Waals surface area contributed by atoms with E-state index in [4.69, 9.17) is 5.73 Å². The summed E-state index contributed by atoms with van der Waals surface area (Å²) >= 11 is 0. The van der Waals surface area contributed by atoms with Crippen molar-refractivity contribution in [1.29, 1.82) is 0 Å². The molecule has 0 fully saturated rings. The number of rotatable bonds is 5. The number of aromatic nitrogens is 1. The van der Waals surface area contributed by atoms with Crippen molar-refractivity contribution in [3.8, 4) is 0 Å². The lowest BCUT2D eigenvalue weighted by Crippen LogP contribution is -2.27. The van der Waals surface area contributed by atoms with E-state index >= 15 is 0 Å². The molecular formula is C11H17N3O. The predicted octanol–water partition coefficient (Wildman–Crippen LogP) is 1.09. The van der Waals surface area contributed by atoms with Gasteiger partial charge in [0, 0.05) is 18.7 Å². The molecule has 0 bridgehead atoms. The van der Waals surface area contributed by atoms with E-state index in [0.717, 1.165) is 6.54 Å². The van der Waals surface area contributed by atoms with Gasteiger partial charge in [0.2, 0.25) is 0 Å². The lowest BCUT2D eigenvalue weighted by Gasteiger charge is -2.11. The molecule has 0 saturated heterocycles. The lowest BCUT2D eigenvalue weighted by atomic mass is 10.00. The molecule has 0 aliphatic heterocycles. The van der Waals surface area contributed by atoms with Crippen LogP contribution >= 0.6 is 0 Å². The van der Waals surface area contributed by atoms with Crippen molar-refractivity contribution in [2.45, 2.75) is 13.8 Å². The molecule has 1 atom stereocenters. The summed E-state index contributed by atoms with van der Waals surface area (Å²) in [5.74, 6) is 0.281. The van der Waals surface area contributed by atoms with Crippen molar-refractivity contribution in [3.63, 3.8) is 0 Å². The van der Waals surface area contributed by atoms with E-state index in [-0.39, 0.29) is 11.7 Å². The third-order valence-electron chi connectivity index (χ3n) is 2.25. The average molecular weight is 207 g/mol. The summed E-state index contributed by atoms with van der Waals surface area (Å²) in [6.07, 6.45) is 1.58. The van der Waals surface area contributed by atoms with Crippen LogP contribution < -0.4 is 11.1 Å². The van der Waals surface area contributed by atoms with Crippen LogP contribution in [0.3, 0.4) is 0 Å². The van der Waals surface area contributed by atoms with Gasteiger partial charge in [0.1, 0.15) is 5.82 Å². The van der Waals surface area contributed by atoms with Gasteiger partial charge in [-0.3, -0.25) is 4.79 Å². The minimum atomic E-state index is -0.0727. The topological polar surface area (TPSA) is 68.0 Å². The molecule has 0 radical (unpaired) electrons. The number of nitrogen functional groups attached to an aromatic ring is 1. The Morgan fingerprint density at radius 2 is 2.40 bits per heavy atom. The van der Waals surface area contributed by atoms with Gasteiger partial charge < -0.3 is 11.1 Å². The molecule has 1 aromatic heterocycles. The Balaban J connectivity index is 2.72. The molecule has 1 rings (SSSR count). The summed E-state index contributed by atoms with van der Waals surface area (Å²) in [6, 6.07) is 3.44. The standard InChI is InChI=1S/C11H17N3O/c1-3-13-7-8(2)10(15)9-5-4-6-14-11(9)12/h4-6,8,13H,3,7H2,1-2H3,(H2,12,14). The fourth-order valence-corrected chi connectivity index (χ4v) is 1.34. The second-order valence-corrected chi connectivity index (χ2v) is 3.51. The highest BCUT2D eigenvalue weighted by atomic mass is 16.1. The van der Waals surface area contributed by atoms with E-state index in [1.165, 1.54) is 0 Å². The molecule has 0 aromatic carbocycles. The van der Waals surface area contributed by atoms with Gasteiger partial charge >= 0.3 is 0 Å². The Bertz CT molecular complexity index is 338. The van der Waals surface area contributed by atoms with Crippen LogP contribution in [0.25, 0.3) is 0 Å². The molecular weight excluding hydrogens is 190 g/mol. The van der Waals surface area contributed by atoms with Crippen molar-refractivity contribution in [3.05, 3.63) is 23.9 Å². The molecule has 4 nitrogen and oxygen atoms in total. The number of nitrogens with zero attached hydrogens (tertiary/aromatic N) is 1. The van der Waals surface area contributed by atoms with Crippen LogP contribution in [-0.2, 0) is 0 Å².